The minimum absolute atomic E-state index is 0.106. The molecule has 3 aromatic rings. The van der Waals surface area contributed by atoms with Gasteiger partial charge in [-0.25, -0.2) is 13.1 Å². The van der Waals surface area contributed by atoms with Gasteiger partial charge in [0.25, 0.3) is 5.91 Å². The summed E-state index contributed by atoms with van der Waals surface area (Å²) in [4.78, 5) is 16.7. The number of rotatable bonds is 5. The predicted molar refractivity (Wildman–Crippen MR) is 115 cm³/mol. The summed E-state index contributed by atoms with van der Waals surface area (Å²) in [5.41, 5.74) is 2.58. The number of sulfonamides is 1. The third-order valence-corrected chi connectivity index (χ3v) is 7.61. The van der Waals surface area contributed by atoms with Gasteiger partial charge < -0.3 is 4.90 Å². The Labute approximate surface area is 175 Å². The molecule has 1 aromatic heterocycles. The van der Waals surface area contributed by atoms with Crippen LogP contribution in [0.3, 0.4) is 0 Å². The lowest BCUT2D eigenvalue weighted by molar-refractivity contribution is 0.0696. The molecule has 0 bridgehead atoms. The number of amides is 1. The molecule has 0 saturated heterocycles. The van der Waals surface area contributed by atoms with Crippen molar-refractivity contribution in [2.45, 2.75) is 24.3 Å². The molecular formula is C22H22N2O3S2. The number of nitrogens with zero attached hydrogens (tertiary/aromatic N) is 1. The van der Waals surface area contributed by atoms with E-state index in [2.05, 4.69) is 16.2 Å². The van der Waals surface area contributed by atoms with Gasteiger partial charge in [-0.2, -0.15) is 0 Å². The fourth-order valence-electron chi connectivity index (χ4n) is 3.77. The predicted octanol–water partition coefficient (Wildman–Crippen LogP) is 3.83. The number of hydrogen-bond donors (Lipinski definition) is 1. The van der Waals surface area contributed by atoms with Gasteiger partial charge in [0.15, 0.2) is 0 Å². The molecule has 1 aliphatic heterocycles. The van der Waals surface area contributed by atoms with E-state index in [1.165, 1.54) is 17.0 Å². The summed E-state index contributed by atoms with van der Waals surface area (Å²) in [5.74, 6) is -0.163. The van der Waals surface area contributed by atoms with E-state index in [-0.39, 0.29) is 16.8 Å². The van der Waals surface area contributed by atoms with Gasteiger partial charge in [-0.15, -0.1) is 11.3 Å². The Morgan fingerprint density at radius 3 is 2.69 bits per heavy atom. The Bertz CT molecular complexity index is 1120. The third-order valence-electron chi connectivity index (χ3n) is 5.07. The zero-order valence-corrected chi connectivity index (χ0v) is 17.7. The van der Waals surface area contributed by atoms with Crippen LogP contribution in [0.1, 0.15) is 39.3 Å². The van der Waals surface area contributed by atoms with Crippen LogP contribution in [0.5, 0.6) is 0 Å². The van der Waals surface area contributed by atoms with E-state index in [9.17, 15) is 13.2 Å². The van der Waals surface area contributed by atoms with Crippen LogP contribution in [0.4, 0.5) is 0 Å². The van der Waals surface area contributed by atoms with Crippen molar-refractivity contribution < 1.29 is 13.2 Å². The van der Waals surface area contributed by atoms with Gasteiger partial charge in [-0.1, -0.05) is 43.3 Å². The summed E-state index contributed by atoms with van der Waals surface area (Å²) in [6, 6.07) is 18.2. The van der Waals surface area contributed by atoms with Crippen molar-refractivity contribution in [3.8, 4) is 0 Å². The summed E-state index contributed by atoms with van der Waals surface area (Å²) in [6.45, 7) is 2.61. The second-order valence-corrected chi connectivity index (χ2v) is 9.66. The molecule has 0 spiro atoms. The lowest BCUT2D eigenvalue weighted by Crippen LogP contribution is -2.40. The van der Waals surface area contributed by atoms with Gasteiger partial charge >= 0.3 is 0 Å². The van der Waals surface area contributed by atoms with Crippen molar-refractivity contribution in [2.24, 2.45) is 0 Å². The van der Waals surface area contributed by atoms with Crippen molar-refractivity contribution in [1.82, 2.24) is 9.62 Å². The average molecular weight is 427 g/mol. The van der Waals surface area contributed by atoms with Crippen LogP contribution in [0, 0.1) is 0 Å². The van der Waals surface area contributed by atoms with Gasteiger partial charge in [-0.3, -0.25) is 4.79 Å². The standard InChI is InChI=1S/C22H22N2O3S2/c1-2-23-29(26,27)18-10-6-9-17(15-18)22(25)24-13-11-20-19(12-14-28-20)21(24)16-7-4-3-5-8-16/h3-10,12,14-15,21,23H,2,11,13H2,1H3/t21-/m0/s1. The van der Waals surface area contributed by atoms with Crippen LogP contribution < -0.4 is 4.72 Å². The summed E-state index contributed by atoms with van der Waals surface area (Å²) in [7, 11) is -3.62. The number of benzene rings is 2. The first-order chi connectivity index (χ1) is 14.0. The minimum Gasteiger partial charge on any atom is -0.327 e. The monoisotopic (exact) mass is 426 g/mol. The molecule has 0 unspecified atom stereocenters. The summed E-state index contributed by atoms with van der Waals surface area (Å²) >= 11 is 1.72. The van der Waals surface area contributed by atoms with E-state index in [0.29, 0.717) is 18.7 Å². The first kappa shape index (κ1) is 19.8. The Morgan fingerprint density at radius 2 is 1.93 bits per heavy atom. The summed E-state index contributed by atoms with van der Waals surface area (Å²) in [5, 5.41) is 2.07. The van der Waals surface area contributed by atoms with Crippen molar-refractivity contribution in [3.05, 3.63) is 87.6 Å². The number of thiophene rings is 1. The highest BCUT2D eigenvalue weighted by Crippen LogP contribution is 2.38. The maximum Gasteiger partial charge on any atom is 0.254 e. The Hall–Kier alpha value is -2.48. The van der Waals surface area contributed by atoms with E-state index in [1.807, 2.05) is 35.2 Å². The Kier molecular flexibility index (Phi) is 5.54. The van der Waals surface area contributed by atoms with Crippen molar-refractivity contribution in [3.63, 3.8) is 0 Å². The maximum atomic E-state index is 13.5. The van der Waals surface area contributed by atoms with Crippen LogP contribution in [0.25, 0.3) is 0 Å². The number of hydrogen-bond acceptors (Lipinski definition) is 4. The van der Waals surface area contributed by atoms with Crippen molar-refractivity contribution in [2.75, 3.05) is 13.1 Å². The van der Waals surface area contributed by atoms with Gasteiger partial charge in [0.05, 0.1) is 10.9 Å². The molecule has 150 valence electrons. The van der Waals surface area contributed by atoms with E-state index < -0.39 is 10.0 Å². The molecule has 4 rings (SSSR count). The number of fused-ring (bicyclic) bond motifs is 1. The molecule has 0 radical (unpaired) electrons. The molecule has 2 heterocycles. The van der Waals surface area contributed by atoms with Crippen LogP contribution in [0.15, 0.2) is 70.9 Å². The topological polar surface area (TPSA) is 66.5 Å². The molecule has 1 amide bonds. The zero-order valence-electron chi connectivity index (χ0n) is 16.0. The van der Waals surface area contributed by atoms with Crippen LogP contribution >= 0.6 is 11.3 Å². The number of carbonyl (C=O) groups is 1. The normalized spacial score (nSPS) is 16.4. The highest BCUT2D eigenvalue weighted by molar-refractivity contribution is 7.89. The fraction of sp³-hybridized carbons (Fsp3) is 0.227. The van der Waals surface area contributed by atoms with Gasteiger partial charge in [0.1, 0.15) is 0 Å². The number of carbonyl (C=O) groups excluding carboxylic acids is 1. The molecule has 1 N–H and O–H groups in total. The van der Waals surface area contributed by atoms with Crippen LogP contribution in [-0.2, 0) is 16.4 Å². The van der Waals surface area contributed by atoms with Gasteiger partial charge in [0, 0.05) is 23.5 Å². The molecule has 0 fully saturated rings. The highest BCUT2D eigenvalue weighted by atomic mass is 32.2. The first-order valence-corrected chi connectivity index (χ1v) is 11.9. The van der Waals surface area contributed by atoms with Crippen molar-refractivity contribution in [1.29, 1.82) is 0 Å². The van der Waals surface area contributed by atoms with E-state index in [1.54, 1.807) is 30.4 Å². The molecular weight excluding hydrogens is 404 g/mol. The van der Waals surface area contributed by atoms with E-state index in [4.69, 9.17) is 0 Å². The lowest BCUT2D eigenvalue weighted by Gasteiger charge is -2.36. The molecule has 7 heteroatoms. The smallest absolute Gasteiger partial charge is 0.254 e. The van der Waals surface area contributed by atoms with E-state index >= 15 is 0 Å². The SMILES string of the molecule is CCNS(=O)(=O)c1cccc(C(=O)N2CCc3sccc3[C@@H]2c2ccccc2)c1. The van der Waals surface area contributed by atoms with Crippen LogP contribution in [0.2, 0.25) is 0 Å². The second-order valence-electron chi connectivity index (χ2n) is 6.89. The molecule has 29 heavy (non-hydrogen) atoms. The summed E-state index contributed by atoms with van der Waals surface area (Å²) in [6.07, 6.45) is 0.803. The first-order valence-electron chi connectivity index (χ1n) is 9.53. The highest BCUT2D eigenvalue weighted by Gasteiger charge is 2.33. The maximum absolute atomic E-state index is 13.5. The molecule has 5 nitrogen and oxygen atoms in total. The largest absolute Gasteiger partial charge is 0.327 e. The minimum atomic E-state index is -3.62. The molecule has 1 atom stereocenters. The summed E-state index contributed by atoms with van der Waals surface area (Å²) < 4.78 is 27.2. The van der Waals surface area contributed by atoms with Crippen LogP contribution in [-0.4, -0.2) is 32.3 Å². The zero-order chi connectivity index (χ0) is 20.4. The van der Waals surface area contributed by atoms with Crippen molar-refractivity contribution >= 4 is 27.3 Å². The molecule has 2 aromatic carbocycles. The lowest BCUT2D eigenvalue weighted by atomic mass is 9.92. The average Bonchev–Trinajstić information content (AvgIpc) is 3.22. The fourth-order valence-corrected chi connectivity index (χ4v) is 5.76. The Balaban J connectivity index is 1.73. The van der Waals surface area contributed by atoms with Gasteiger partial charge in [0.2, 0.25) is 10.0 Å². The Morgan fingerprint density at radius 1 is 1.14 bits per heavy atom. The number of nitrogens with one attached hydrogen (secondary N) is 1. The third kappa shape index (κ3) is 3.85. The molecule has 0 saturated carbocycles. The second kappa shape index (κ2) is 8.10. The van der Waals surface area contributed by atoms with Gasteiger partial charge in [-0.05, 0) is 47.2 Å². The van der Waals surface area contributed by atoms with E-state index in [0.717, 1.165) is 17.5 Å². The molecule has 1 aliphatic rings. The quantitative estimate of drug-likeness (QED) is 0.674. The molecule has 0 aliphatic carbocycles.